The number of amides is 2. The second-order valence-electron chi connectivity index (χ2n) is 5.83. The largest absolute Gasteiger partial charge is 0.366 e. The Balaban J connectivity index is 1.69. The Hall–Kier alpha value is -3.34. The second-order valence-corrected chi connectivity index (χ2v) is 5.83. The van der Waals surface area contributed by atoms with Gasteiger partial charge >= 0.3 is 0 Å². The zero-order chi connectivity index (χ0) is 17.8. The van der Waals surface area contributed by atoms with Crippen LogP contribution in [-0.2, 0) is 6.54 Å². The van der Waals surface area contributed by atoms with Crippen LogP contribution >= 0.6 is 0 Å². The molecular weight excluding hydrogens is 314 g/mol. The van der Waals surface area contributed by atoms with Crippen LogP contribution in [0.25, 0.3) is 11.3 Å². The van der Waals surface area contributed by atoms with E-state index in [0.29, 0.717) is 17.7 Å². The van der Waals surface area contributed by atoms with Gasteiger partial charge in [0, 0.05) is 23.5 Å². The number of aromatic nitrogens is 1. The smallest absolute Gasteiger partial charge is 0.253 e. The highest BCUT2D eigenvalue weighted by Gasteiger charge is 2.13. The Morgan fingerprint density at radius 1 is 1.04 bits per heavy atom. The van der Waals surface area contributed by atoms with Crippen LogP contribution in [-0.4, -0.2) is 16.8 Å². The maximum absolute atomic E-state index is 12.5. The van der Waals surface area contributed by atoms with E-state index in [1.807, 2.05) is 43.3 Å². The van der Waals surface area contributed by atoms with Gasteiger partial charge in [-0.2, -0.15) is 0 Å². The van der Waals surface area contributed by atoms with Crippen LogP contribution in [0.5, 0.6) is 0 Å². The number of primary amides is 1. The quantitative estimate of drug-likeness (QED) is 0.670. The predicted molar refractivity (Wildman–Crippen MR) is 97.1 cm³/mol. The van der Waals surface area contributed by atoms with Crippen LogP contribution in [0.2, 0.25) is 0 Å². The summed E-state index contributed by atoms with van der Waals surface area (Å²) in [5.74, 6) is -0.609. The second kappa shape index (κ2) is 7.05. The average molecular weight is 333 g/mol. The zero-order valence-electron chi connectivity index (χ0n) is 13.9. The Morgan fingerprint density at radius 2 is 1.72 bits per heavy atom. The van der Waals surface area contributed by atoms with Crippen molar-refractivity contribution in [1.82, 2.24) is 10.3 Å². The van der Waals surface area contributed by atoms with Crippen LogP contribution in [0.3, 0.4) is 0 Å². The standard InChI is InChI=1S/C20H19N3O2/c1-13-17(11-18(23-13)15-5-3-2-4-6-15)20(25)22-12-14-7-9-16(10-8-14)19(21)24/h2-11,23H,12H2,1H3,(H2,21,24)(H,22,25). The van der Waals surface area contributed by atoms with Crippen LogP contribution in [0.15, 0.2) is 60.7 Å². The molecule has 0 aliphatic heterocycles. The molecule has 0 aliphatic carbocycles. The lowest BCUT2D eigenvalue weighted by Crippen LogP contribution is -2.23. The number of H-pyrrole nitrogens is 1. The fourth-order valence-electron chi connectivity index (χ4n) is 2.63. The molecule has 25 heavy (non-hydrogen) atoms. The molecule has 4 N–H and O–H groups in total. The van der Waals surface area contributed by atoms with Crippen molar-refractivity contribution in [2.24, 2.45) is 5.73 Å². The molecule has 0 saturated carbocycles. The number of carbonyl (C=O) groups excluding carboxylic acids is 2. The summed E-state index contributed by atoms with van der Waals surface area (Å²) in [6.07, 6.45) is 0. The molecule has 0 spiro atoms. The lowest BCUT2D eigenvalue weighted by atomic mass is 10.1. The third-order valence-electron chi connectivity index (χ3n) is 4.04. The summed E-state index contributed by atoms with van der Waals surface area (Å²) >= 11 is 0. The van der Waals surface area contributed by atoms with Gasteiger partial charge in [0.2, 0.25) is 5.91 Å². The van der Waals surface area contributed by atoms with Gasteiger partial charge in [-0.05, 0) is 36.2 Å². The highest BCUT2D eigenvalue weighted by atomic mass is 16.2. The Bertz CT molecular complexity index is 896. The van der Waals surface area contributed by atoms with E-state index in [2.05, 4.69) is 10.3 Å². The fraction of sp³-hybridized carbons (Fsp3) is 0.100. The normalized spacial score (nSPS) is 10.4. The van der Waals surface area contributed by atoms with E-state index in [1.54, 1.807) is 24.3 Å². The molecule has 0 bridgehead atoms. The minimum atomic E-state index is -0.466. The molecule has 0 fully saturated rings. The summed E-state index contributed by atoms with van der Waals surface area (Å²) in [5.41, 5.74) is 9.95. The van der Waals surface area contributed by atoms with Crippen molar-refractivity contribution in [3.05, 3.63) is 83.0 Å². The molecule has 5 nitrogen and oxygen atoms in total. The molecule has 0 unspecified atom stereocenters. The van der Waals surface area contributed by atoms with Crippen molar-refractivity contribution in [2.45, 2.75) is 13.5 Å². The fourth-order valence-corrected chi connectivity index (χ4v) is 2.63. The lowest BCUT2D eigenvalue weighted by molar-refractivity contribution is 0.0948. The van der Waals surface area contributed by atoms with Gasteiger partial charge in [0.05, 0.1) is 5.56 Å². The molecule has 5 heteroatoms. The first-order chi connectivity index (χ1) is 12.0. The molecule has 2 aromatic carbocycles. The van der Waals surface area contributed by atoms with Crippen LogP contribution < -0.4 is 11.1 Å². The van der Waals surface area contributed by atoms with Gasteiger partial charge in [-0.15, -0.1) is 0 Å². The van der Waals surface area contributed by atoms with Crippen LogP contribution in [0.4, 0.5) is 0 Å². The van der Waals surface area contributed by atoms with Crippen LogP contribution in [0.1, 0.15) is 32.0 Å². The SMILES string of the molecule is Cc1[nH]c(-c2ccccc2)cc1C(=O)NCc1ccc(C(N)=O)cc1. The molecule has 1 heterocycles. The summed E-state index contributed by atoms with van der Waals surface area (Å²) < 4.78 is 0. The van der Waals surface area contributed by atoms with Gasteiger partial charge in [0.15, 0.2) is 0 Å². The molecule has 0 aliphatic rings. The first-order valence-corrected chi connectivity index (χ1v) is 7.96. The summed E-state index contributed by atoms with van der Waals surface area (Å²) in [6.45, 7) is 2.26. The number of hydrogen-bond donors (Lipinski definition) is 3. The topological polar surface area (TPSA) is 88.0 Å². The highest BCUT2D eigenvalue weighted by molar-refractivity contribution is 5.96. The molecule has 126 valence electrons. The van der Waals surface area contributed by atoms with Crippen molar-refractivity contribution in [2.75, 3.05) is 0 Å². The zero-order valence-corrected chi connectivity index (χ0v) is 13.9. The number of benzene rings is 2. The third kappa shape index (κ3) is 3.77. The molecule has 0 saturated heterocycles. The van der Waals surface area contributed by atoms with Gasteiger partial charge < -0.3 is 16.0 Å². The van der Waals surface area contributed by atoms with E-state index >= 15 is 0 Å². The highest BCUT2D eigenvalue weighted by Crippen LogP contribution is 2.21. The maximum Gasteiger partial charge on any atom is 0.253 e. The van der Waals surface area contributed by atoms with Crippen LogP contribution in [0, 0.1) is 6.92 Å². The summed E-state index contributed by atoms with van der Waals surface area (Å²) in [4.78, 5) is 26.8. The predicted octanol–water partition coefficient (Wildman–Crippen LogP) is 3.02. The van der Waals surface area contributed by atoms with Crippen molar-refractivity contribution < 1.29 is 9.59 Å². The van der Waals surface area contributed by atoms with E-state index in [1.165, 1.54) is 0 Å². The van der Waals surface area contributed by atoms with E-state index in [4.69, 9.17) is 5.73 Å². The molecule has 0 radical (unpaired) electrons. The van der Waals surface area contributed by atoms with Gasteiger partial charge in [-0.1, -0.05) is 42.5 Å². The molecular formula is C20H19N3O2. The van der Waals surface area contributed by atoms with Gasteiger partial charge in [0.25, 0.3) is 5.91 Å². The number of carbonyl (C=O) groups is 2. The molecule has 3 aromatic rings. The average Bonchev–Trinajstić information content (AvgIpc) is 3.02. The van der Waals surface area contributed by atoms with E-state index in [0.717, 1.165) is 22.5 Å². The molecule has 0 atom stereocenters. The van der Waals surface area contributed by atoms with Crippen molar-refractivity contribution in [3.63, 3.8) is 0 Å². The number of rotatable bonds is 5. The molecule has 1 aromatic heterocycles. The minimum Gasteiger partial charge on any atom is -0.366 e. The summed E-state index contributed by atoms with van der Waals surface area (Å²) in [6, 6.07) is 18.6. The monoisotopic (exact) mass is 333 g/mol. The number of hydrogen-bond acceptors (Lipinski definition) is 2. The summed E-state index contributed by atoms with van der Waals surface area (Å²) in [5, 5.41) is 2.89. The lowest BCUT2D eigenvalue weighted by Gasteiger charge is -2.05. The maximum atomic E-state index is 12.5. The van der Waals surface area contributed by atoms with Gasteiger partial charge in [-0.3, -0.25) is 9.59 Å². The number of nitrogens with one attached hydrogen (secondary N) is 2. The first kappa shape index (κ1) is 16.5. The van der Waals surface area contributed by atoms with Gasteiger partial charge in [0.1, 0.15) is 0 Å². The van der Waals surface area contributed by atoms with E-state index in [-0.39, 0.29) is 5.91 Å². The van der Waals surface area contributed by atoms with Crippen molar-refractivity contribution in [1.29, 1.82) is 0 Å². The van der Waals surface area contributed by atoms with E-state index < -0.39 is 5.91 Å². The van der Waals surface area contributed by atoms with E-state index in [9.17, 15) is 9.59 Å². The summed E-state index contributed by atoms with van der Waals surface area (Å²) in [7, 11) is 0. The molecule has 3 rings (SSSR count). The molecule has 2 amide bonds. The third-order valence-corrected chi connectivity index (χ3v) is 4.04. The Kier molecular flexibility index (Phi) is 4.66. The van der Waals surface area contributed by atoms with Crippen molar-refractivity contribution >= 4 is 11.8 Å². The minimum absolute atomic E-state index is 0.144. The Labute approximate surface area is 145 Å². The number of aryl methyl sites for hydroxylation is 1. The first-order valence-electron chi connectivity index (χ1n) is 7.96. The van der Waals surface area contributed by atoms with Gasteiger partial charge in [-0.25, -0.2) is 0 Å². The Morgan fingerprint density at radius 3 is 2.36 bits per heavy atom. The number of nitrogens with two attached hydrogens (primary N) is 1. The van der Waals surface area contributed by atoms with Crippen molar-refractivity contribution in [3.8, 4) is 11.3 Å². The number of aromatic amines is 1.